The summed E-state index contributed by atoms with van der Waals surface area (Å²) >= 11 is 4.96. The van der Waals surface area contributed by atoms with Crippen molar-refractivity contribution in [2.75, 3.05) is 33.8 Å². The second kappa shape index (κ2) is 15.9. The van der Waals surface area contributed by atoms with Gasteiger partial charge in [-0.1, -0.05) is 38.1 Å². The third-order valence-corrected chi connectivity index (χ3v) is 4.11. The molecule has 140 valence electrons. The zero-order chi connectivity index (χ0) is 18.9. The molecule has 0 fully saturated rings. The molecule has 0 spiro atoms. The van der Waals surface area contributed by atoms with E-state index >= 15 is 0 Å². The first-order valence-corrected chi connectivity index (χ1v) is 9.28. The Morgan fingerprint density at radius 3 is 2.32 bits per heavy atom. The number of nitrogens with zero attached hydrogens (tertiary/aromatic N) is 2. The van der Waals surface area contributed by atoms with E-state index in [2.05, 4.69) is 41.6 Å². The highest BCUT2D eigenvalue weighted by atomic mass is 32.1. The van der Waals surface area contributed by atoms with Crippen molar-refractivity contribution < 1.29 is 4.74 Å². The number of pyridine rings is 1. The Morgan fingerprint density at radius 1 is 1.08 bits per heavy atom. The number of hydrogen-bond donors (Lipinski definition) is 1. The van der Waals surface area contributed by atoms with Gasteiger partial charge in [-0.2, -0.15) is 0 Å². The van der Waals surface area contributed by atoms with Crippen molar-refractivity contribution in [3.8, 4) is 0 Å². The topological polar surface area (TPSA) is 51.4 Å². The van der Waals surface area contributed by atoms with Crippen LogP contribution >= 0.6 is 12.2 Å². The molecular weight excluding hydrogens is 330 g/mol. The van der Waals surface area contributed by atoms with Gasteiger partial charge in [0.15, 0.2) is 5.05 Å². The predicted molar refractivity (Wildman–Crippen MR) is 113 cm³/mol. The van der Waals surface area contributed by atoms with Gasteiger partial charge in [-0.25, -0.2) is 0 Å². The highest BCUT2D eigenvalue weighted by Crippen LogP contribution is 2.07. The van der Waals surface area contributed by atoms with Crippen LogP contribution in [0, 0.1) is 0 Å². The summed E-state index contributed by atoms with van der Waals surface area (Å²) < 4.78 is 4.93. The number of benzene rings is 1. The van der Waals surface area contributed by atoms with Gasteiger partial charge in [-0.05, 0) is 63.9 Å². The molecule has 0 atom stereocenters. The van der Waals surface area contributed by atoms with E-state index in [-0.39, 0.29) is 0 Å². The molecule has 0 saturated carbocycles. The van der Waals surface area contributed by atoms with Gasteiger partial charge < -0.3 is 15.4 Å². The lowest BCUT2D eigenvalue weighted by Gasteiger charge is -2.17. The molecule has 0 radical (unpaired) electrons. The molecule has 2 rings (SSSR count). The van der Waals surface area contributed by atoms with E-state index in [0.717, 1.165) is 36.5 Å². The molecule has 0 aliphatic rings. The molecule has 0 saturated heterocycles. The molecule has 1 heterocycles. The Labute approximate surface area is 158 Å². The van der Waals surface area contributed by atoms with Crippen LogP contribution < -0.4 is 5.73 Å². The third-order valence-electron chi connectivity index (χ3n) is 3.74. The standard InChI is InChI=1S/C10H21NOS.C9H7N.CH5N/c1-4-11(5-2)9-7-6-8-10(13)12-3;1-2-6-9-8(4-1)5-3-7-10-9;1-2/h4-9H2,1-3H3;1-7H;2H2,1H3. The third kappa shape index (κ3) is 10.8. The second-order valence-corrected chi connectivity index (χ2v) is 5.71. The summed E-state index contributed by atoms with van der Waals surface area (Å²) in [4.78, 5) is 6.61. The lowest BCUT2D eigenvalue weighted by atomic mass is 10.2. The molecule has 2 N–H and O–H groups in total. The van der Waals surface area contributed by atoms with Crippen molar-refractivity contribution in [1.29, 1.82) is 0 Å². The first-order chi connectivity index (χ1) is 12.2. The Hall–Kier alpha value is -1.56. The highest BCUT2D eigenvalue weighted by Gasteiger charge is 1.99. The minimum absolute atomic E-state index is 0.736. The molecular formula is C20H33N3OS. The van der Waals surface area contributed by atoms with Crippen LogP contribution in [0.3, 0.4) is 0 Å². The van der Waals surface area contributed by atoms with Crippen molar-refractivity contribution in [3.05, 3.63) is 42.6 Å². The van der Waals surface area contributed by atoms with Crippen LogP contribution in [0.5, 0.6) is 0 Å². The molecule has 0 bridgehead atoms. The molecule has 2 aromatic rings. The normalized spacial score (nSPS) is 9.68. The summed E-state index contributed by atoms with van der Waals surface area (Å²) in [6.45, 7) is 7.86. The molecule has 4 nitrogen and oxygen atoms in total. The Balaban J connectivity index is 0.000000426. The van der Waals surface area contributed by atoms with Crippen molar-refractivity contribution >= 4 is 28.2 Å². The number of thiocarbonyl (C=S) groups is 1. The predicted octanol–water partition coefficient (Wildman–Crippen LogP) is 4.28. The maximum Gasteiger partial charge on any atom is 0.159 e. The van der Waals surface area contributed by atoms with Crippen LogP contribution in [-0.2, 0) is 4.74 Å². The van der Waals surface area contributed by atoms with E-state index < -0.39 is 0 Å². The molecule has 1 aromatic heterocycles. The Kier molecular flexibility index (Phi) is 14.9. The second-order valence-electron chi connectivity index (χ2n) is 5.26. The Bertz CT molecular complexity index is 508. The number of methoxy groups -OCH3 is 1. The minimum atomic E-state index is 0.736. The molecule has 25 heavy (non-hydrogen) atoms. The van der Waals surface area contributed by atoms with Gasteiger partial charge in [-0.15, -0.1) is 0 Å². The number of aromatic nitrogens is 1. The minimum Gasteiger partial charge on any atom is -0.490 e. The van der Waals surface area contributed by atoms with Crippen LogP contribution in [0.15, 0.2) is 42.6 Å². The van der Waals surface area contributed by atoms with Crippen molar-refractivity contribution in [1.82, 2.24) is 9.88 Å². The van der Waals surface area contributed by atoms with Gasteiger partial charge >= 0.3 is 0 Å². The zero-order valence-corrected chi connectivity index (χ0v) is 16.9. The number of nitrogens with two attached hydrogens (primary N) is 1. The quantitative estimate of drug-likeness (QED) is 0.588. The fourth-order valence-corrected chi connectivity index (χ4v) is 2.41. The molecule has 0 aliphatic heterocycles. The first kappa shape index (κ1) is 23.4. The van der Waals surface area contributed by atoms with Gasteiger partial charge in [0.25, 0.3) is 0 Å². The van der Waals surface area contributed by atoms with E-state index in [1.807, 2.05) is 30.5 Å². The maximum absolute atomic E-state index is 4.96. The smallest absolute Gasteiger partial charge is 0.159 e. The molecule has 0 amide bonds. The van der Waals surface area contributed by atoms with Gasteiger partial charge in [0, 0.05) is 18.0 Å². The summed E-state index contributed by atoms with van der Waals surface area (Å²) in [5.41, 5.74) is 5.56. The first-order valence-electron chi connectivity index (χ1n) is 8.87. The molecule has 0 aliphatic carbocycles. The average molecular weight is 364 g/mol. The van der Waals surface area contributed by atoms with Crippen LogP contribution in [0.4, 0.5) is 0 Å². The van der Waals surface area contributed by atoms with E-state index in [0.29, 0.717) is 0 Å². The largest absolute Gasteiger partial charge is 0.490 e. The number of unbranched alkanes of at least 4 members (excludes halogenated alkanes) is 1. The molecule has 1 aromatic carbocycles. The lowest BCUT2D eigenvalue weighted by Crippen LogP contribution is -2.23. The van der Waals surface area contributed by atoms with Crippen LogP contribution in [-0.4, -0.2) is 48.7 Å². The monoisotopic (exact) mass is 363 g/mol. The van der Waals surface area contributed by atoms with Gasteiger partial charge in [0.2, 0.25) is 0 Å². The molecule has 0 unspecified atom stereocenters. The Morgan fingerprint density at radius 2 is 1.72 bits per heavy atom. The van der Waals surface area contributed by atoms with Gasteiger partial charge in [0.05, 0.1) is 12.6 Å². The van der Waals surface area contributed by atoms with E-state index in [4.69, 9.17) is 17.0 Å². The average Bonchev–Trinajstić information content (AvgIpc) is 2.70. The summed E-state index contributed by atoms with van der Waals surface area (Å²) in [6.07, 6.45) is 5.09. The number of fused-ring (bicyclic) bond motifs is 1. The fourth-order valence-electron chi connectivity index (χ4n) is 2.26. The number of hydrogen-bond acceptors (Lipinski definition) is 5. The molecule has 5 heteroatoms. The SMILES string of the molecule is CCN(CC)CCCCC(=S)OC.CN.c1ccc2ncccc2c1. The number of para-hydroxylation sites is 1. The van der Waals surface area contributed by atoms with Gasteiger partial charge in [0.1, 0.15) is 0 Å². The van der Waals surface area contributed by atoms with E-state index in [1.54, 1.807) is 7.11 Å². The van der Waals surface area contributed by atoms with E-state index in [9.17, 15) is 0 Å². The van der Waals surface area contributed by atoms with Crippen molar-refractivity contribution in [3.63, 3.8) is 0 Å². The van der Waals surface area contributed by atoms with Crippen LogP contribution in [0.2, 0.25) is 0 Å². The summed E-state index contributed by atoms with van der Waals surface area (Å²) in [5, 5.41) is 1.93. The van der Waals surface area contributed by atoms with Crippen molar-refractivity contribution in [2.24, 2.45) is 5.73 Å². The number of ether oxygens (including phenoxy) is 1. The fraction of sp³-hybridized carbons (Fsp3) is 0.500. The number of rotatable bonds is 7. The zero-order valence-electron chi connectivity index (χ0n) is 16.1. The summed E-state index contributed by atoms with van der Waals surface area (Å²) in [5.74, 6) is 0. The van der Waals surface area contributed by atoms with Crippen LogP contribution in [0.25, 0.3) is 10.9 Å². The summed E-state index contributed by atoms with van der Waals surface area (Å²) in [7, 11) is 3.15. The highest BCUT2D eigenvalue weighted by molar-refractivity contribution is 7.80. The van der Waals surface area contributed by atoms with E-state index in [1.165, 1.54) is 25.4 Å². The maximum atomic E-state index is 4.96. The van der Waals surface area contributed by atoms with Crippen molar-refractivity contribution in [2.45, 2.75) is 33.1 Å². The lowest BCUT2D eigenvalue weighted by molar-refractivity contribution is 0.296. The van der Waals surface area contributed by atoms with Gasteiger partial charge in [-0.3, -0.25) is 4.98 Å². The summed E-state index contributed by atoms with van der Waals surface area (Å²) in [6, 6.07) is 12.1. The van der Waals surface area contributed by atoms with Crippen LogP contribution in [0.1, 0.15) is 33.1 Å².